The van der Waals surface area contributed by atoms with Gasteiger partial charge in [0.15, 0.2) is 0 Å². The predicted octanol–water partition coefficient (Wildman–Crippen LogP) is 1.77. The summed E-state index contributed by atoms with van der Waals surface area (Å²) in [6.45, 7) is 0.0504. The van der Waals surface area contributed by atoms with Gasteiger partial charge in [-0.1, -0.05) is 17.3 Å². The number of aryl methyl sites for hydroxylation is 2. The largest absolute Gasteiger partial charge is 0.426 e. The van der Waals surface area contributed by atoms with Crippen molar-refractivity contribution in [1.29, 1.82) is 0 Å². The van der Waals surface area contributed by atoms with Crippen LogP contribution in [0.1, 0.15) is 16.8 Å². The Bertz CT molecular complexity index is 1310. The highest BCUT2D eigenvalue weighted by molar-refractivity contribution is 6.03. The topological polar surface area (TPSA) is 121 Å². The molecule has 4 rings (SSSR count). The summed E-state index contributed by atoms with van der Waals surface area (Å²) < 4.78 is 7.96. The number of ether oxygens (including phenoxy) is 1. The molecule has 0 spiro atoms. The highest BCUT2D eigenvalue weighted by Gasteiger charge is 2.11. The van der Waals surface area contributed by atoms with Crippen LogP contribution in [-0.2, 0) is 18.4 Å². The first-order valence-electron chi connectivity index (χ1n) is 9.43. The van der Waals surface area contributed by atoms with E-state index in [4.69, 9.17) is 4.74 Å². The quantitative estimate of drug-likeness (QED) is 0.374. The molecule has 0 aliphatic heterocycles. The lowest BCUT2D eigenvalue weighted by molar-refractivity contribution is -0.134. The first-order valence-corrected chi connectivity index (χ1v) is 9.43. The number of carbonyl (C=O) groups is 2. The van der Waals surface area contributed by atoms with Gasteiger partial charge in [0, 0.05) is 18.9 Å². The zero-order chi connectivity index (χ0) is 21.8. The van der Waals surface area contributed by atoms with Crippen LogP contribution in [-0.4, -0.2) is 36.7 Å². The van der Waals surface area contributed by atoms with Crippen LogP contribution in [0.5, 0.6) is 5.75 Å². The number of esters is 1. The first-order chi connectivity index (χ1) is 15.0. The molecule has 0 unspecified atom stereocenters. The molecular formula is C21H18N6O4. The monoisotopic (exact) mass is 418 g/mol. The van der Waals surface area contributed by atoms with E-state index in [-0.39, 0.29) is 24.4 Å². The molecule has 0 radical (unpaired) electrons. The summed E-state index contributed by atoms with van der Waals surface area (Å²) in [5.74, 6) is -0.491. The fourth-order valence-corrected chi connectivity index (χ4v) is 2.90. The lowest BCUT2D eigenvalue weighted by Gasteiger charge is -2.07. The molecule has 10 heteroatoms. The van der Waals surface area contributed by atoms with Gasteiger partial charge in [0.05, 0.1) is 30.1 Å². The van der Waals surface area contributed by atoms with Crippen LogP contribution in [0, 0.1) is 0 Å². The summed E-state index contributed by atoms with van der Waals surface area (Å²) in [6.07, 6.45) is 3.03. The third-order valence-corrected chi connectivity index (χ3v) is 4.47. The van der Waals surface area contributed by atoms with Gasteiger partial charge in [0.1, 0.15) is 11.3 Å². The Morgan fingerprint density at radius 1 is 1.10 bits per heavy atom. The third-order valence-electron chi connectivity index (χ3n) is 4.47. The van der Waals surface area contributed by atoms with Crippen LogP contribution < -0.4 is 15.6 Å². The minimum absolute atomic E-state index is 0.0492. The number of benzene rings is 2. The Morgan fingerprint density at radius 3 is 2.61 bits per heavy atom. The molecule has 2 aromatic heterocycles. The van der Waals surface area contributed by atoms with E-state index < -0.39 is 5.97 Å². The number of amides is 1. The van der Waals surface area contributed by atoms with Crippen molar-refractivity contribution in [3.05, 3.63) is 76.8 Å². The number of fused-ring (bicyclic) bond motifs is 1. The molecule has 0 atom stereocenters. The highest BCUT2D eigenvalue weighted by atomic mass is 16.5. The van der Waals surface area contributed by atoms with E-state index in [0.29, 0.717) is 27.9 Å². The average molecular weight is 418 g/mol. The zero-order valence-electron chi connectivity index (χ0n) is 16.6. The van der Waals surface area contributed by atoms with Crippen LogP contribution >= 0.6 is 0 Å². The van der Waals surface area contributed by atoms with E-state index >= 15 is 0 Å². The second kappa shape index (κ2) is 8.57. The predicted molar refractivity (Wildman–Crippen MR) is 112 cm³/mol. The lowest BCUT2D eigenvalue weighted by atomic mass is 10.2. The van der Waals surface area contributed by atoms with E-state index in [1.807, 2.05) is 0 Å². The van der Waals surface area contributed by atoms with Crippen molar-refractivity contribution in [3.63, 3.8) is 0 Å². The van der Waals surface area contributed by atoms with Crippen molar-refractivity contribution in [1.82, 2.24) is 24.8 Å². The lowest BCUT2D eigenvalue weighted by Crippen LogP contribution is -2.26. The summed E-state index contributed by atoms with van der Waals surface area (Å²) in [4.78, 5) is 36.7. The average Bonchev–Trinajstić information content (AvgIpc) is 3.21. The number of rotatable bonds is 6. The Balaban J connectivity index is 1.33. The van der Waals surface area contributed by atoms with Crippen molar-refractivity contribution in [3.8, 4) is 5.75 Å². The molecule has 0 saturated heterocycles. The zero-order valence-corrected chi connectivity index (χ0v) is 16.6. The summed E-state index contributed by atoms with van der Waals surface area (Å²) in [5.41, 5.74) is 1.17. The second-order valence-corrected chi connectivity index (χ2v) is 6.74. The second-order valence-electron chi connectivity index (χ2n) is 6.74. The SMILES string of the molecule is Cn1cc(C(=O)Nc2ccc(OC(=O)CCn3nnc4ccccc4c3=O)cc2)cn1. The van der Waals surface area contributed by atoms with Gasteiger partial charge in [-0.25, -0.2) is 4.68 Å². The first kappa shape index (κ1) is 20.0. The fraction of sp³-hybridized carbons (Fsp3) is 0.143. The van der Waals surface area contributed by atoms with Crippen LogP contribution in [0.25, 0.3) is 10.9 Å². The molecule has 0 aliphatic carbocycles. The molecule has 4 aromatic rings. The van der Waals surface area contributed by atoms with E-state index in [1.54, 1.807) is 61.8 Å². The minimum atomic E-state index is -0.519. The molecule has 31 heavy (non-hydrogen) atoms. The van der Waals surface area contributed by atoms with Gasteiger partial charge in [-0.05, 0) is 36.4 Å². The van der Waals surface area contributed by atoms with Gasteiger partial charge in [0.25, 0.3) is 11.5 Å². The standard InChI is InChI=1S/C21H18N6O4/c1-26-13-14(12-22-26)20(29)23-15-6-8-16(9-7-15)31-19(28)10-11-27-21(30)17-4-2-3-5-18(17)24-25-27/h2-9,12-13H,10-11H2,1H3,(H,23,29). The van der Waals surface area contributed by atoms with Gasteiger partial charge in [0.2, 0.25) is 0 Å². The molecule has 0 saturated carbocycles. The normalized spacial score (nSPS) is 10.7. The third kappa shape index (κ3) is 4.64. The Labute approximate surface area is 176 Å². The molecule has 10 nitrogen and oxygen atoms in total. The summed E-state index contributed by atoms with van der Waals surface area (Å²) in [5, 5.41) is 15.0. The van der Waals surface area contributed by atoms with Crippen LogP contribution in [0.3, 0.4) is 0 Å². The molecule has 0 bridgehead atoms. The number of hydrogen-bond acceptors (Lipinski definition) is 7. The smallest absolute Gasteiger partial charge is 0.313 e. The Hall–Kier alpha value is -4.34. The maximum atomic E-state index is 12.4. The van der Waals surface area contributed by atoms with E-state index in [9.17, 15) is 14.4 Å². The van der Waals surface area contributed by atoms with Crippen molar-refractivity contribution in [2.24, 2.45) is 7.05 Å². The molecule has 1 amide bonds. The Morgan fingerprint density at radius 2 is 1.87 bits per heavy atom. The number of nitrogens with one attached hydrogen (secondary N) is 1. The summed E-state index contributed by atoms with van der Waals surface area (Å²) in [6, 6.07) is 13.3. The van der Waals surface area contributed by atoms with E-state index in [1.165, 1.54) is 10.9 Å². The van der Waals surface area contributed by atoms with Crippen molar-refractivity contribution >= 4 is 28.5 Å². The van der Waals surface area contributed by atoms with Gasteiger partial charge < -0.3 is 10.1 Å². The molecule has 1 N–H and O–H groups in total. The maximum Gasteiger partial charge on any atom is 0.313 e. The molecule has 0 fully saturated rings. The van der Waals surface area contributed by atoms with Crippen molar-refractivity contribution in [2.75, 3.05) is 5.32 Å². The number of hydrogen-bond donors (Lipinski definition) is 1. The number of carbonyl (C=O) groups excluding carboxylic acids is 2. The van der Waals surface area contributed by atoms with Gasteiger partial charge in [-0.15, -0.1) is 5.10 Å². The minimum Gasteiger partial charge on any atom is -0.426 e. The summed E-state index contributed by atoms with van der Waals surface area (Å²) >= 11 is 0. The number of nitrogens with zero attached hydrogens (tertiary/aromatic N) is 5. The Kier molecular flexibility index (Phi) is 5.52. The molecular weight excluding hydrogens is 400 g/mol. The highest BCUT2D eigenvalue weighted by Crippen LogP contribution is 2.17. The van der Waals surface area contributed by atoms with Gasteiger partial charge in [-0.2, -0.15) is 5.10 Å². The van der Waals surface area contributed by atoms with Crippen molar-refractivity contribution in [2.45, 2.75) is 13.0 Å². The maximum absolute atomic E-state index is 12.4. The van der Waals surface area contributed by atoms with Crippen molar-refractivity contribution < 1.29 is 14.3 Å². The molecule has 156 valence electrons. The molecule has 0 aliphatic rings. The van der Waals surface area contributed by atoms with E-state index in [0.717, 1.165) is 4.68 Å². The number of aromatic nitrogens is 5. The van der Waals surface area contributed by atoms with Gasteiger partial charge in [-0.3, -0.25) is 19.1 Å². The van der Waals surface area contributed by atoms with E-state index in [2.05, 4.69) is 20.7 Å². The van der Waals surface area contributed by atoms with Crippen LogP contribution in [0.2, 0.25) is 0 Å². The van der Waals surface area contributed by atoms with Crippen LogP contribution in [0.4, 0.5) is 5.69 Å². The molecule has 2 aromatic carbocycles. The number of anilines is 1. The fourth-order valence-electron chi connectivity index (χ4n) is 2.90. The van der Waals surface area contributed by atoms with Gasteiger partial charge >= 0.3 is 5.97 Å². The van der Waals surface area contributed by atoms with Crippen LogP contribution in [0.15, 0.2) is 65.7 Å². The molecule has 2 heterocycles. The summed E-state index contributed by atoms with van der Waals surface area (Å²) in [7, 11) is 1.73.